The lowest BCUT2D eigenvalue weighted by Gasteiger charge is -1.96. The molecule has 2 heteroatoms. The van der Waals surface area contributed by atoms with Gasteiger partial charge < -0.3 is 4.42 Å². The van der Waals surface area contributed by atoms with Crippen LogP contribution < -0.4 is 0 Å². The first-order valence-corrected chi connectivity index (χ1v) is 5.38. The minimum absolute atomic E-state index is 0.886. The number of hydrogen-bond acceptors (Lipinski definition) is 2. The number of fused-ring (bicyclic) bond motifs is 1. The summed E-state index contributed by atoms with van der Waals surface area (Å²) in [4.78, 5) is 4.37. The molecule has 0 amide bonds. The lowest BCUT2D eigenvalue weighted by atomic mass is 10.2. The average molecular weight is 201 g/mol. The molecule has 0 atom stereocenters. The average Bonchev–Trinajstić information content (AvgIpc) is 2.73. The molecule has 0 aliphatic carbocycles. The minimum Gasteiger partial charge on any atom is -0.464 e. The van der Waals surface area contributed by atoms with Crippen LogP contribution in [0.2, 0.25) is 0 Å². The van der Waals surface area contributed by atoms with E-state index in [1.807, 2.05) is 12.1 Å². The van der Waals surface area contributed by atoms with Crippen LogP contribution >= 0.6 is 0 Å². The number of pyridine rings is 1. The van der Waals surface area contributed by atoms with Gasteiger partial charge in [0.25, 0.3) is 0 Å². The highest BCUT2D eigenvalue weighted by atomic mass is 16.3. The van der Waals surface area contributed by atoms with Crippen LogP contribution in [0.4, 0.5) is 0 Å². The van der Waals surface area contributed by atoms with E-state index in [0.717, 1.165) is 29.5 Å². The molecule has 0 bridgehead atoms. The van der Waals surface area contributed by atoms with Crippen molar-refractivity contribution in [2.24, 2.45) is 0 Å². The predicted octanol–water partition coefficient (Wildman–Crippen LogP) is 3.73. The van der Waals surface area contributed by atoms with Crippen molar-refractivity contribution >= 4 is 11.0 Å². The van der Waals surface area contributed by atoms with Crippen LogP contribution in [0.1, 0.15) is 25.5 Å². The Morgan fingerprint density at radius 3 is 3.13 bits per heavy atom. The number of hydrogen-bond donors (Lipinski definition) is 0. The zero-order valence-corrected chi connectivity index (χ0v) is 8.94. The van der Waals surface area contributed by atoms with Gasteiger partial charge in [-0.25, -0.2) is 0 Å². The Morgan fingerprint density at radius 2 is 2.27 bits per heavy atom. The van der Waals surface area contributed by atoms with Crippen molar-refractivity contribution in [1.82, 2.24) is 4.98 Å². The van der Waals surface area contributed by atoms with E-state index in [-0.39, 0.29) is 0 Å². The maximum atomic E-state index is 5.32. The van der Waals surface area contributed by atoms with Crippen molar-refractivity contribution in [3.05, 3.63) is 42.4 Å². The summed E-state index contributed by atoms with van der Waals surface area (Å²) in [5.74, 6) is 0. The van der Waals surface area contributed by atoms with Crippen molar-refractivity contribution in [2.45, 2.75) is 26.2 Å². The van der Waals surface area contributed by atoms with Gasteiger partial charge in [-0.3, -0.25) is 4.98 Å². The first-order chi connectivity index (χ1) is 7.42. The smallest absolute Gasteiger partial charge is 0.137 e. The van der Waals surface area contributed by atoms with Gasteiger partial charge in [0, 0.05) is 18.0 Å². The Kier molecular flexibility index (Phi) is 3.18. The molecule has 78 valence electrons. The third-order valence-corrected chi connectivity index (χ3v) is 2.40. The van der Waals surface area contributed by atoms with Gasteiger partial charge in [-0.15, -0.1) is 0 Å². The molecule has 0 saturated heterocycles. The largest absolute Gasteiger partial charge is 0.464 e. The molecular formula is C13H15NO. The summed E-state index contributed by atoms with van der Waals surface area (Å²) in [5, 5.41) is 1.12. The molecule has 0 fully saturated rings. The minimum atomic E-state index is 0.886. The molecular weight excluding hydrogens is 186 g/mol. The number of rotatable bonds is 4. The fourth-order valence-electron chi connectivity index (χ4n) is 1.60. The van der Waals surface area contributed by atoms with Gasteiger partial charge in [0.2, 0.25) is 0 Å². The standard InChI is InChI=1S/C13H15NO/c1-2-3-4-5-6-12-11-8-10-15-13(11)7-9-14-12/h4-5,7-10H,2-3,6H2,1H3. The van der Waals surface area contributed by atoms with Crippen LogP contribution in [-0.4, -0.2) is 4.98 Å². The van der Waals surface area contributed by atoms with E-state index in [1.165, 1.54) is 6.42 Å². The highest BCUT2D eigenvalue weighted by molar-refractivity contribution is 5.79. The van der Waals surface area contributed by atoms with Gasteiger partial charge in [0.15, 0.2) is 0 Å². The zero-order chi connectivity index (χ0) is 10.5. The molecule has 2 heterocycles. The van der Waals surface area contributed by atoms with Crippen molar-refractivity contribution in [1.29, 1.82) is 0 Å². The van der Waals surface area contributed by atoms with Gasteiger partial charge in [-0.2, -0.15) is 0 Å². The fourth-order valence-corrected chi connectivity index (χ4v) is 1.60. The second-order valence-corrected chi connectivity index (χ2v) is 3.55. The molecule has 0 aliphatic heterocycles. The molecule has 2 aromatic heterocycles. The van der Waals surface area contributed by atoms with Gasteiger partial charge in [-0.05, 0) is 18.6 Å². The van der Waals surface area contributed by atoms with Crippen molar-refractivity contribution in [3.8, 4) is 0 Å². The number of allylic oxidation sites excluding steroid dienone is 2. The predicted molar refractivity (Wildman–Crippen MR) is 61.8 cm³/mol. The molecule has 0 aliphatic rings. The Bertz CT molecular complexity index is 456. The summed E-state index contributed by atoms with van der Waals surface area (Å²) in [7, 11) is 0. The highest BCUT2D eigenvalue weighted by Crippen LogP contribution is 2.18. The van der Waals surface area contributed by atoms with Crippen molar-refractivity contribution in [2.75, 3.05) is 0 Å². The second kappa shape index (κ2) is 4.78. The third-order valence-electron chi connectivity index (χ3n) is 2.40. The Hall–Kier alpha value is -1.57. The van der Waals surface area contributed by atoms with E-state index >= 15 is 0 Å². The van der Waals surface area contributed by atoms with E-state index in [0.29, 0.717) is 0 Å². The quantitative estimate of drug-likeness (QED) is 0.704. The molecule has 0 spiro atoms. The van der Waals surface area contributed by atoms with Crippen molar-refractivity contribution < 1.29 is 4.42 Å². The van der Waals surface area contributed by atoms with Crippen LogP contribution in [0.5, 0.6) is 0 Å². The first kappa shape index (κ1) is 9.97. The Morgan fingerprint density at radius 1 is 1.33 bits per heavy atom. The van der Waals surface area contributed by atoms with E-state index in [2.05, 4.69) is 24.1 Å². The molecule has 0 unspecified atom stereocenters. The normalized spacial score (nSPS) is 11.5. The summed E-state index contributed by atoms with van der Waals surface area (Å²) in [5.41, 5.74) is 2.01. The number of nitrogens with zero attached hydrogens (tertiary/aromatic N) is 1. The van der Waals surface area contributed by atoms with Gasteiger partial charge in [-0.1, -0.05) is 25.5 Å². The van der Waals surface area contributed by atoms with Gasteiger partial charge in [0.05, 0.1) is 12.0 Å². The maximum absolute atomic E-state index is 5.32. The highest BCUT2D eigenvalue weighted by Gasteiger charge is 2.01. The summed E-state index contributed by atoms with van der Waals surface area (Å²) < 4.78 is 5.32. The number of furan rings is 1. The maximum Gasteiger partial charge on any atom is 0.137 e. The van der Waals surface area contributed by atoms with Crippen molar-refractivity contribution in [3.63, 3.8) is 0 Å². The van der Waals surface area contributed by atoms with E-state index in [4.69, 9.17) is 4.42 Å². The van der Waals surface area contributed by atoms with Crippen LogP contribution in [0, 0.1) is 0 Å². The molecule has 0 N–H and O–H groups in total. The van der Waals surface area contributed by atoms with Crippen LogP contribution in [0.25, 0.3) is 11.0 Å². The fraction of sp³-hybridized carbons (Fsp3) is 0.308. The van der Waals surface area contributed by atoms with Gasteiger partial charge in [0.1, 0.15) is 5.58 Å². The summed E-state index contributed by atoms with van der Waals surface area (Å²) >= 11 is 0. The number of unbranched alkanes of at least 4 members (excludes halogenated alkanes) is 1. The Balaban J connectivity index is 2.17. The van der Waals surface area contributed by atoms with E-state index in [1.54, 1.807) is 12.5 Å². The monoisotopic (exact) mass is 201 g/mol. The molecule has 2 rings (SSSR count). The molecule has 2 aromatic rings. The summed E-state index contributed by atoms with van der Waals surface area (Å²) in [6, 6.07) is 3.87. The van der Waals surface area contributed by atoms with E-state index < -0.39 is 0 Å². The third kappa shape index (κ3) is 2.27. The van der Waals surface area contributed by atoms with E-state index in [9.17, 15) is 0 Å². The molecule has 0 saturated carbocycles. The van der Waals surface area contributed by atoms with Gasteiger partial charge >= 0.3 is 0 Å². The molecule has 15 heavy (non-hydrogen) atoms. The lowest BCUT2D eigenvalue weighted by Crippen LogP contribution is -1.86. The lowest BCUT2D eigenvalue weighted by molar-refractivity contribution is 0.615. The Labute approximate surface area is 89.6 Å². The SMILES string of the molecule is CCCC=CCc1nccc2occc12. The summed E-state index contributed by atoms with van der Waals surface area (Å²) in [6.07, 6.45) is 11.1. The second-order valence-electron chi connectivity index (χ2n) is 3.55. The molecule has 0 aromatic carbocycles. The first-order valence-electron chi connectivity index (χ1n) is 5.38. The molecule has 2 nitrogen and oxygen atoms in total. The van der Waals surface area contributed by atoms with Crippen LogP contribution in [0.15, 0.2) is 41.2 Å². The molecule has 0 radical (unpaired) electrons. The topological polar surface area (TPSA) is 26.0 Å². The summed E-state index contributed by atoms with van der Waals surface area (Å²) in [6.45, 7) is 2.18. The van der Waals surface area contributed by atoms with Crippen LogP contribution in [-0.2, 0) is 6.42 Å². The zero-order valence-electron chi connectivity index (χ0n) is 8.94. The van der Waals surface area contributed by atoms with Crippen LogP contribution in [0.3, 0.4) is 0 Å². The number of aromatic nitrogens is 1.